The Morgan fingerprint density at radius 2 is 1.72 bits per heavy atom. The van der Waals surface area contributed by atoms with Gasteiger partial charge >= 0.3 is 5.97 Å². The predicted molar refractivity (Wildman–Crippen MR) is 180 cm³/mol. The Morgan fingerprint density at radius 1 is 1.00 bits per heavy atom. The van der Waals surface area contributed by atoms with Crippen LogP contribution in [0.25, 0.3) is 0 Å². The summed E-state index contributed by atoms with van der Waals surface area (Å²) in [4.78, 5) is 41.7. The van der Waals surface area contributed by atoms with Crippen molar-refractivity contribution < 1.29 is 32.3 Å². The zero-order chi connectivity index (χ0) is 34.2. The number of benzene rings is 1. The van der Waals surface area contributed by atoms with Crippen molar-refractivity contribution in [3.05, 3.63) is 46.6 Å². The van der Waals surface area contributed by atoms with Crippen molar-refractivity contribution in [3.8, 4) is 5.75 Å². The van der Waals surface area contributed by atoms with Crippen LogP contribution in [0.5, 0.6) is 5.75 Å². The van der Waals surface area contributed by atoms with Crippen molar-refractivity contribution in [1.29, 1.82) is 0 Å². The number of fused-ring (bicyclic) bond motifs is 1. The maximum atomic E-state index is 13.4. The number of hydrogen-bond donors (Lipinski definition) is 5. The van der Waals surface area contributed by atoms with E-state index in [9.17, 15) is 22.8 Å². The van der Waals surface area contributed by atoms with Gasteiger partial charge in [0.15, 0.2) is 0 Å². The zero-order valence-corrected chi connectivity index (χ0v) is 28.8. The van der Waals surface area contributed by atoms with Gasteiger partial charge in [0.2, 0.25) is 21.8 Å². The Labute approximate surface area is 278 Å². The first-order valence-electron chi connectivity index (χ1n) is 16.3. The second-order valence-electron chi connectivity index (χ2n) is 11.6. The highest BCUT2D eigenvalue weighted by Gasteiger charge is 2.29. The van der Waals surface area contributed by atoms with Crippen LogP contribution in [0, 0.1) is 13.8 Å². The average Bonchev–Trinajstić information content (AvgIpc) is 3.04. The fourth-order valence-corrected chi connectivity index (χ4v) is 7.00. The van der Waals surface area contributed by atoms with E-state index >= 15 is 0 Å². The standard InChI is InChI=1S/C33H50N6O7S/c1-5-34-17-18-35-29(40)13-9-19-46-27-20-23(2)31(24(3)21-27)47(43,44)39-28(33(42)45-4)22-37-30(41)12-7-6-11-26-15-14-25-10-8-16-36-32(25)38-26/h14-15,20-21,28,34,39H,5-13,16-19,22H2,1-4H3,(H,35,40)(H,36,38)(H,37,41)/t28-/m0/s1. The molecule has 14 heteroatoms. The number of nitrogens with one attached hydrogen (secondary N) is 5. The molecule has 1 atom stereocenters. The molecule has 2 heterocycles. The molecule has 1 aromatic heterocycles. The number of carbonyl (C=O) groups excluding carboxylic acids is 3. The van der Waals surface area contributed by atoms with Crippen molar-refractivity contribution in [3.63, 3.8) is 0 Å². The summed E-state index contributed by atoms with van der Waals surface area (Å²) in [6.45, 7) is 8.34. The molecule has 0 saturated heterocycles. The van der Waals surface area contributed by atoms with Crippen LogP contribution >= 0.6 is 0 Å². The number of sulfonamides is 1. The molecule has 47 heavy (non-hydrogen) atoms. The molecule has 5 N–H and O–H groups in total. The molecule has 13 nitrogen and oxygen atoms in total. The summed E-state index contributed by atoms with van der Waals surface area (Å²) in [5, 5.41) is 12.0. The van der Waals surface area contributed by atoms with Crippen LogP contribution in [-0.2, 0) is 42.0 Å². The summed E-state index contributed by atoms with van der Waals surface area (Å²) in [6, 6.07) is 6.02. The molecular weight excluding hydrogens is 624 g/mol. The molecule has 2 amide bonds. The normalized spacial score (nSPS) is 13.2. The number of methoxy groups -OCH3 is 1. The number of likely N-dealkylation sites (N-methyl/N-ethyl adjacent to an activating group) is 1. The van der Waals surface area contributed by atoms with Gasteiger partial charge in [-0.05, 0) is 93.8 Å². The molecule has 2 aromatic rings. The number of ether oxygens (including phenoxy) is 2. The molecule has 1 aliphatic heterocycles. The Kier molecular flexibility index (Phi) is 15.4. The van der Waals surface area contributed by atoms with E-state index in [2.05, 4.69) is 37.0 Å². The molecular formula is C33H50N6O7S. The Balaban J connectivity index is 1.47. The second-order valence-corrected chi connectivity index (χ2v) is 13.2. The fraction of sp³-hybridized carbons (Fsp3) is 0.576. The van der Waals surface area contributed by atoms with Crippen LogP contribution in [0.4, 0.5) is 5.82 Å². The first kappa shape index (κ1) is 37.7. The van der Waals surface area contributed by atoms with Crippen LogP contribution < -0.4 is 30.7 Å². The summed E-state index contributed by atoms with van der Waals surface area (Å²) >= 11 is 0. The molecule has 1 aliphatic rings. The van der Waals surface area contributed by atoms with Crippen LogP contribution in [0.3, 0.4) is 0 Å². The molecule has 0 fully saturated rings. The largest absolute Gasteiger partial charge is 0.494 e. The third-order valence-electron chi connectivity index (χ3n) is 7.72. The molecule has 1 aromatic carbocycles. The van der Waals surface area contributed by atoms with Gasteiger partial charge in [-0.3, -0.25) is 14.4 Å². The van der Waals surface area contributed by atoms with Crippen molar-refractivity contribution in [2.45, 2.75) is 83.1 Å². The van der Waals surface area contributed by atoms with E-state index in [1.165, 1.54) is 5.56 Å². The minimum absolute atomic E-state index is 0.0103. The maximum Gasteiger partial charge on any atom is 0.325 e. The quantitative estimate of drug-likeness (QED) is 0.103. The SMILES string of the molecule is CCNCCNC(=O)CCCOc1cc(C)c(S(=O)(=O)N[C@@H](CNC(=O)CCCCc2ccc3c(n2)NCCC3)C(=O)OC)c(C)c1. The molecule has 3 rings (SSSR count). The lowest BCUT2D eigenvalue weighted by Gasteiger charge is -2.20. The fourth-order valence-electron chi connectivity index (χ4n) is 5.36. The van der Waals surface area contributed by atoms with Crippen molar-refractivity contribution in [2.75, 3.05) is 51.8 Å². The first-order chi connectivity index (χ1) is 22.5. The third-order valence-corrected chi connectivity index (χ3v) is 9.49. The number of rotatable bonds is 20. The van der Waals surface area contributed by atoms with E-state index in [-0.39, 0.29) is 36.3 Å². The number of unbranched alkanes of at least 4 members (excludes halogenated alkanes) is 1. The predicted octanol–water partition coefficient (Wildman–Crippen LogP) is 2.29. The van der Waals surface area contributed by atoms with E-state index in [0.29, 0.717) is 49.2 Å². The molecule has 0 aliphatic carbocycles. The number of amides is 2. The van der Waals surface area contributed by atoms with Crippen molar-refractivity contribution in [1.82, 2.24) is 25.7 Å². The van der Waals surface area contributed by atoms with Gasteiger partial charge in [0, 0.05) is 44.7 Å². The number of anilines is 1. The Bertz CT molecular complexity index is 1440. The lowest BCUT2D eigenvalue weighted by molar-refractivity contribution is -0.142. The van der Waals surface area contributed by atoms with E-state index in [4.69, 9.17) is 9.47 Å². The van der Waals surface area contributed by atoms with Gasteiger partial charge in [-0.25, -0.2) is 13.4 Å². The van der Waals surface area contributed by atoms with Crippen LogP contribution in [-0.4, -0.2) is 83.7 Å². The van der Waals surface area contributed by atoms with Crippen molar-refractivity contribution in [2.24, 2.45) is 0 Å². The van der Waals surface area contributed by atoms with Crippen LogP contribution in [0.1, 0.15) is 67.8 Å². The summed E-state index contributed by atoms with van der Waals surface area (Å²) in [5.41, 5.74) is 3.04. The lowest BCUT2D eigenvalue weighted by atomic mass is 10.1. The van der Waals surface area contributed by atoms with Gasteiger partial charge in [0.25, 0.3) is 0 Å². The number of aryl methyl sites for hydroxylation is 4. The van der Waals surface area contributed by atoms with Gasteiger partial charge < -0.3 is 30.7 Å². The molecule has 0 unspecified atom stereocenters. The van der Waals surface area contributed by atoms with Crippen LogP contribution in [0.15, 0.2) is 29.2 Å². The van der Waals surface area contributed by atoms with Crippen molar-refractivity contribution >= 4 is 33.6 Å². The van der Waals surface area contributed by atoms with E-state index in [1.807, 2.05) is 13.0 Å². The third kappa shape index (κ3) is 12.4. The second kappa shape index (κ2) is 19.2. The topological polar surface area (TPSA) is 177 Å². The number of carbonyl (C=O) groups is 3. The highest BCUT2D eigenvalue weighted by atomic mass is 32.2. The smallest absolute Gasteiger partial charge is 0.325 e. The van der Waals surface area contributed by atoms with Gasteiger partial charge in [-0.15, -0.1) is 0 Å². The van der Waals surface area contributed by atoms with Gasteiger partial charge in [-0.1, -0.05) is 13.0 Å². The maximum absolute atomic E-state index is 13.4. The summed E-state index contributed by atoms with van der Waals surface area (Å²) < 4.78 is 39.9. The molecule has 260 valence electrons. The average molecular weight is 675 g/mol. The first-order valence-corrected chi connectivity index (χ1v) is 17.8. The van der Waals surface area contributed by atoms with Crippen LogP contribution in [0.2, 0.25) is 0 Å². The van der Waals surface area contributed by atoms with E-state index < -0.39 is 22.0 Å². The van der Waals surface area contributed by atoms with E-state index in [0.717, 1.165) is 57.4 Å². The van der Waals surface area contributed by atoms with Gasteiger partial charge in [0.05, 0.1) is 18.6 Å². The van der Waals surface area contributed by atoms with E-state index in [1.54, 1.807) is 26.0 Å². The zero-order valence-electron chi connectivity index (χ0n) is 28.0. The molecule has 0 bridgehead atoms. The minimum Gasteiger partial charge on any atom is -0.494 e. The number of nitrogens with zero attached hydrogens (tertiary/aromatic N) is 1. The minimum atomic E-state index is -4.18. The Hall–Kier alpha value is -3.75. The summed E-state index contributed by atoms with van der Waals surface area (Å²) in [7, 11) is -3.02. The highest BCUT2D eigenvalue weighted by molar-refractivity contribution is 7.89. The number of esters is 1. The Morgan fingerprint density at radius 3 is 2.45 bits per heavy atom. The highest BCUT2D eigenvalue weighted by Crippen LogP contribution is 2.26. The summed E-state index contributed by atoms with van der Waals surface area (Å²) in [6.07, 6.45) is 5.29. The lowest BCUT2D eigenvalue weighted by Crippen LogP contribution is -2.49. The number of aromatic nitrogens is 1. The number of hydrogen-bond acceptors (Lipinski definition) is 10. The van der Waals surface area contributed by atoms with Gasteiger partial charge in [0.1, 0.15) is 17.6 Å². The summed E-state index contributed by atoms with van der Waals surface area (Å²) in [5.74, 6) is 0.253. The molecule has 0 spiro atoms. The molecule has 0 radical (unpaired) electrons. The number of pyridine rings is 1. The molecule has 0 saturated carbocycles. The van der Waals surface area contributed by atoms with Gasteiger partial charge in [-0.2, -0.15) is 4.72 Å². The monoisotopic (exact) mass is 674 g/mol.